The lowest BCUT2D eigenvalue weighted by Gasteiger charge is -2.14. The molecule has 3 aromatic rings. The fourth-order valence-electron chi connectivity index (χ4n) is 2.52. The van der Waals surface area contributed by atoms with E-state index in [0.29, 0.717) is 28.2 Å². The molecule has 3 N–H and O–H groups in total. The van der Waals surface area contributed by atoms with Crippen LogP contribution in [-0.4, -0.2) is 33.1 Å². The van der Waals surface area contributed by atoms with Gasteiger partial charge in [-0.1, -0.05) is 17.8 Å². The van der Waals surface area contributed by atoms with Crippen LogP contribution in [0.3, 0.4) is 0 Å². The highest BCUT2D eigenvalue weighted by molar-refractivity contribution is 8.00. The quantitative estimate of drug-likeness (QED) is 0.494. The number of nitrogens with two attached hydrogens (primary N) is 1. The number of nitrogen functional groups attached to an aromatic ring is 1. The number of amides is 1. The molecule has 0 aliphatic heterocycles. The van der Waals surface area contributed by atoms with Crippen molar-refractivity contribution in [1.82, 2.24) is 14.9 Å². The van der Waals surface area contributed by atoms with Crippen LogP contribution in [0, 0.1) is 13.8 Å². The van der Waals surface area contributed by atoms with Crippen molar-refractivity contribution in [3.8, 4) is 17.1 Å². The van der Waals surface area contributed by atoms with Gasteiger partial charge in [0.05, 0.1) is 29.9 Å². The molecule has 9 heteroatoms. The summed E-state index contributed by atoms with van der Waals surface area (Å²) in [4.78, 5) is 12.6. The molecule has 0 fully saturated rings. The summed E-state index contributed by atoms with van der Waals surface area (Å²) in [5, 5.41) is 11.1. The van der Waals surface area contributed by atoms with Gasteiger partial charge in [0.25, 0.3) is 0 Å². The topological polar surface area (TPSA) is 108 Å². The third kappa shape index (κ3) is 3.92. The van der Waals surface area contributed by atoms with Crippen molar-refractivity contribution >= 4 is 23.4 Å². The van der Waals surface area contributed by atoms with Crippen molar-refractivity contribution in [1.29, 1.82) is 0 Å². The second-order valence-electron chi connectivity index (χ2n) is 6.02. The molecule has 2 aromatic heterocycles. The Hall–Kier alpha value is -2.94. The first kappa shape index (κ1) is 18.8. The predicted molar refractivity (Wildman–Crippen MR) is 104 cm³/mol. The Kier molecular flexibility index (Phi) is 5.41. The number of nitrogens with zero attached hydrogens (tertiary/aromatic N) is 3. The molecule has 1 unspecified atom stereocenters. The summed E-state index contributed by atoms with van der Waals surface area (Å²) in [5.41, 5.74) is 2.41. The zero-order chi connectivity index (χ0) is 19.6. The second-order valence-corrected chi connectivity index (χ2v) is 7.33. The van der Waals surface area contributed by atoms with E-state index in [2.05, 4.69) is 15.5 Å². The maximum absolute atomic E-state index is 12.6. The summed E-state index contributed by atoms with van der Waals surface area (Å²) in [6.45, 7) is 5.55. The Morgan fingerprint density at radius 2 is 2.11 bits per heavy atom. The summed E-state index contributed by atoms with van der Waals surface area (Å²) < 4.78 is 11.9. The van der Waals surface area contributed by atoms with Gasteiger partial charge in [0.15, 0.2) is 5.82 Å². The Labute approximate surface area is 161 Å². The number of benzene rings is 1. The fourth-order valence-corrected chi connectivity index (χ4v) is 3.29. The summed E-state index contributed by atoms with van der Waals surface area (Å²) in [7, 11) is 1.56. The highest BCUT2D eigenvalue weighted by atomic mass is 32.2. The van der Waals surface area contributed by atoms with E-state index in [1.54, 1.807) is 26.4 Å². The Balaban J connectivity index is 1.73. The molecule has 2 heterocycles. The van der Waals surface area contributed by atoms with Gasteiger partial charge in [0.1, 0.15) is 11.5 Å². The first-order valence-electron chi connectivity index (χ1n) is 8.27. The monoisotopic (exact) mass is 387 g/mol. The van der Waals surface area contributed by atoms with Crippen molar-refractivity contribution in [3.05, 3.63) is 41.9 Å². The lowest BCUT2D eigenvalue weighted by Crippen LogP contribution is -2.24. The number of nitrogens with one attached hydrogen (secondary N) is 1. The van der Waals surface area contributed by atoms with Crippen molar-refractivity contribution in [2.24, 2.45) is 0 Å². The molecule has 27 heavy (non-hydrogen) atoms. The molecule has 3 rings (SSSR count). The largest absolute Gasteiger partial charge is 0.495 e. The molecule has 142 valence electrons. The van der Waals surface area contributed by atoms with Gasteiger partial charge in [-0.3, -0.25) is 4.79 Å². The van der Waals surface area contributed by atoms with Crippen LogP contribution in [-0.2, 0) is 4.79 Å². The van der Waals surface area contributed by atoms with Crippen LogP contribution in [0.2, 0.25) is 0 Å². The van der Waals surface area contributed by atoms with E-state index in [1.165, 1.54) is 16.4 Å². The fraction of sp³-hybridized carbons (Fsp3) is 0.278. The molecule has 0 aliphatic rings. The third-order valence-corrected chi connectivity index (χ3v) is 5.09. The van der Waals surface area contributed by atoms with Crippen LogP contribution >= 0.6 is 11.8 Å². The van der Waals surface area contributed by atoms with Crippen molar-refractivity contribution in [3.63, 3.8) is 0 Å². The van der Waals surface area contributed by atoms with Crippen LogP contribution in [0.5, 0.6) is 5.75 Å². The van der Waals surface area contributed by atoms with Gasteiger partial charge in [-0.25, -0.2) is 4.68 Å². The summed E-state index contributed by atoms with van der Waals surface area (Å²) in [6.07, 6.45) is 1.57. The maximum Gasteiger partial charge on any atom is 0.237 e. The standard InChI is InChI=1S/C18H21N5O3S/c1-10-5-6-15(25-4)14(9-10)20-17(24)12(3)27-18-22-21-16(23(18)19)13-7-8-26-11(13)2/h5-9,12H,19H2,1-4H3,(H,20,24). The number of rotatable bonds is 6. The van der Waals surface area contributed by atoms with Crippen LogP contribution in [0.1, 0.15) is 18.2 Å². The molecule has 1 amide bonds. The van der Waals surface area contributed by atoms with Gasteiger partial charge in [0, 0.05) is 0 Å². The average Bonchev–Trinajstić information content (AvgIpc) is 3.21. The van der Waals surface area contributed by atoms with Crippen LogP contribution in [0.15, 0.2) is 40.1 Å². The minimum absolute atomic E-state index is 0.187. The molecule has 0 spiro atoms. The number of aryl methyl sites for hydroxylation is 2. The van der Waals surface area contributed by atoms with E-state index in [1.807, 2.05) is 32.0 Å². The van der Waals surface area contributed by atoms with E-state index in [0.717, 1.165) is 11.1 Å². The molecule has 8 nitrogen and oxygen atoms in total. The van der Waals surface area contributed by atoms with Gasteiger partial charge in [-0.2, -0.15) is 0 Å². The Morgan fingerprint density at radius 3 is 2.78 bits per heavy atom. The van der Waals surface area contributed by atoms with Gasteiger partial charge in [0.2, 0.25) is 11.1 Å². The van der Waals surface area contributed by atoms with Crippen LogP contribution in [0.4, 0.5) is 5.69 Å². The van der Waals surface area contributed by atoms with Crippen molar-refractivity contribution in [2.45, 2.75) is 31.2 Å². The maximum atomic E-state index is 12.6. The Bertz CT molecular complexity index is 966. The molecule has 0 saturated heterocycles. The van der Waals surface area contributed by atoms with E-state index in [-0.39, 0.29) is 5.91 Å². The summed E-state index contributed by atoms with van der Waals surface area (Å²) in [5.74, 6) is 7.70. The summed E-state index contributed by atoms with van der Waals surface area (Å²) >= 11 is 1.22. The van der Waals surface area contributed by atoms with Gasteiger partial charge in [-0.05, 0) is 44.5 Å². The predicted octanol–water partition coefficient (Wildman–Crippen LogP) is 3.00. The average molecular weight is 387 g/mol. The zero-order valence-electron chi connectivity index (χ0n) is 15.5. The van der Waals surface area contributed by atoms with E-state index < -0.39 is 5.25 Å². The second kappa shape index (κ2) is 7.75. The molecular weight excluding hydrogens is 366 g/mol. The highest BCUT2D eigenvalue weighted by Gasteiger charge is 2.22. The smallest absolute Gasteiger partial charge is 0.237 e. The number of thioether (sulfide) groups is 1. The number of carbonyl (C=O) groups excluding carboxylic acids is 1. The van der Waals surface area contributed by atoms with Gasteiger partial charge < -0.3 is 20.3 Å². The first-order chi connectivity index (χ1) is 12.9. The molecule has 0 aliphatic carbocycles. The van der Waals surface area contributed by atoms with E-state index >= 15 is 0 Å². The molecule has 1 aromatic carbocycles. The van der Waals surface area contributed by atoms with Gasteiger partial charge in [-0.15, -0.1) is 10.2 Å². The van der Waals surface area contributed by atoms with Crippen LogP contribution in [0.25, 0.3) is 11.4 Å². The number of methoxy groups -OCH3 is 1. The third-order valence-electron chi connectivity index (χ3n) is 4.03. The minimum Gasteiger partial charge on any atom is -0.495 e. The van der Waals surface area contributed by atoms with Crippen molar-refractivity contribution in [2.75, 3.05) is 18.3 Å². The van der Waals surface area contributed by atoms with Gasteiger partial charge >= 0.3 is 0 Å². The van der Waals surface area contributed by atoms with Crippen molar-refractivity contribution < 1.29 is 13.9 Å². The SMILES string of the molecule is COc1ccc(C)cc1NC(=O)C(C)Sc1nnc(-c2ccoc2C)n1N. The minimum atomic E-state index is -0.444. The van der Waals surface area contributed by atoms with E-state index in [9.17, 15) is 4.79 Å². The lowest BCUT2D eigenvalue weighted by molar-refractivity contribution is -0.115. The molecule has 0 radical (unpaired) electrons. The number of carbonyl (C=O) groups is 1. The number of aromatic nitrogens is 3. The number of ether oxygens (including phenoxy) is 1. The number of hydrogen-bond donors (Lipinski definition) is 2. The lowest BCUT2D eigenvalue weighted by atomic mass is 10.2. The first-order valence-corrected chi connectivity index (χ1v) is 9.15. The van der Waals surface area contributed by atoms with E-state index in [4.69, 9.17) is 15.0 Å². The Morgan fingerprint density at radius 1 is 1.33 bits per heavy atom. The normalized spacial score (nSPS) is 12.0. The highest BCUT2D eigenvalue weighted by Crippen LogP contribution is 2.29. The molecule has 0 saturated carbocycles. The number of hydrogen-bond acceptors (Lipinski definition) is 7. The summed E-state index contributed by atoms with van der Waals surface area (Å²) in [6, 6.07) is 7.37. The number of furan rings is 1. The zero-order valence-corrected chi connectivity index (χ0v) is 16.3. The molecular formula is C18H21N5O3S. The number of anilines is 1. The molecule has 1 atom stereocenters. The van der Waals surface area contributed by atoms with Crippen LogP contribution < -0.4 is 15.9 Å². The molecule has 0 bridgehead atoms.